The third-order valence-corrected chi connectivity index (χ3v) is 11.9. The van der Waals surface area contributed by atoms with Crippen LogP contribution in [-0.2, 0) is 12.8 Å². The van der Waals surface area contributed by atoms with Crippen molar-refractivity contribution in [3.05, 3.63) is 78.7 Å². The molecule has 2 unspecified atom stereocenters. The number of carbonyl (C=O) groups excluding carboxylic acids is 2. The second kappa shape index (κ2) is 14.1. The molecule has 7 heteroatoms. The van der Waals surface area contributed by atoms with Crippen LogP contribution in [0.5, 0.6) is 0 Å². The van der Waals surface area contributed by atoms with Crippen molar-refractivity contribution in [2.75, 3.05) is 0 Å². The lowest BCUT2D eigenvalue weighted by atomic mass is 9.77. The van der Waals surface area contributed by atoms with Gasteiger partial charge in [0.05, 0.1) is 0 Å². The minimum atomic E-state index is -1.06. The van der Waals surface area contributed by atoms with Crippen LogP contribution in [0, 0.1) is 23.5 Å². The van der Waals surface area contributed by atoms with Gasteiger partial charge < -0.3 is 0 Å². The molecule has 0 saturated carbocycles. The van der Waals surface area contributed by atoms with Gasteiger partial charge in [0.2, 0.25) is 0 Å². The van der Waals surface area contributed by atoms with Crippen LogP contribution in [-0.4, -0.2) is 11.6 Å². The van der Waals surface area contributed by atoms with Crippen LogP contribution in [0.1, 0.15) is 121 Å². The molecule has 0 N–H and O–H groups in total. The molecule has 4 aromatic rings. The molecule has 3 heterocycles. The van der Waals surface area contributed by atoms with Crippen molar-refractivity contribution in [3.63, 3.8) is 0 Å². The van der Waals surface area contributed by atoms with Crippen molar-refractivity contribution in [2.24, 2.45) is 11.8 Å². The minimum Gasteiger partial charge on any atom is -0.288 e. The van der Waals surface area contributed by atoms with E-state index < -0.39 is 11.6 Å². The molecule has 43 heavy (non-hydrogen) atoms. The van der Waals surface area contributed by atoms with Crippen LogP contribution in [0.2, 0.25) is 0 Å². The van der Waals surface area contributed by atoms with Gasteiger partial charge in [0.25, 0.3) is 0 Å². The summed E-state index contributed by atoms with van der Waals surface area (Å²) in [4.78, 5) is 32.3. The first kappa shape index (κ1) is 31.9. The summed E-state index contributed by atoms with van der Waals surface area (Å²) in [5.41, 5.74) is 0.758. The van der Waals surface area contributed by atoms with Gasteiger partial charge in [-0.25, -0.2) is 8.78 Å². The van der Waals surface area contributed by atoms with Crippen molar-refractivity contribution >= 4 is 45.6 Å². The predicted octanol–water partition coefficient (Wildman–Crippen LogP) is 11.8. The van der Waals surface area contributed by atoms with Crippen LogP contribution >= 0.6 is 34.0 Å². The maximum absolute atomic E-state index is 16.1. The number of unbranched alkanes of at least 4 members (excludes halogenated alkanes) is 2. The lowest BCUT2D eigenvalue weighted by Gasteiger charge is -2.24. The number of ketones is 2. The fourth-order valence-corrected chi connectivity index (χ4v) is 9.48. The van der Waals surface area contributed by atoms with Crippen LogP contribution in [0.4, 0.5) is 8.78 Å². The van der Waals surface area contributed by atoms with E-state index in [0.29, 0.717) is 32.7 Å². The Balaban J connectivity index is 1.77. The maximum Gasteiger partial charge on any atom is 0.196 e. The molecule has 228 valence electrons. The molecule has 0 spiro atoms. The van der Waals surface area contributed by atoms with Gasteiger partial charge in [-0.05, 0) is 47.6 Å². The summed E-state index contributed by atoms with van der Waals surface area (Å²) in [6, 6.07) is 6.90. The van der Waals surface area contributed by atoms with Gasteiger partial charge >= 0.3 is 0 Å². The highest BCUT2D eigenvalue weighted by Gasteiger charge is 2.43. The van der Waals surface area contributed by atoms with E-state index >= 15 is 8.78 Å². The molecule has 2 atom stereocenters. The number of carbonyl (C=O) groups is 2. The Hall–Kier alpha value is -2.48. The average Bonchev–Trinajstić information content (AvgIpc) is 3.79. The molecule has 0 saturated heterocycles. The molecule has 0 fully saturated rings. The van der Waals surface area contributed by atoms with Gasteiger partial charge in [0.15, 0.2) is 23.2 Å². The van der Waals surface area contributed by atoms with E-state index in [9.17, 15) is 9.59 Å². The first-order valence-corrected chi connectivity index (χ1v) is 18.3. The first-order chi connectivity index (χ1) is 20.9. The van der Waals surface area contributed by atoms with Crippen LogP contribution in [0.3, 0.4) is 0 Å². The molecule has 0 radical (unpaired) electrons. The zero-order valence-electron chi connectivity index (χ0n) is 25.5. The van der Waals surface area contributed by atoms with Gasteiger partial charge in [-0.15, -0.1) is 34.0 Å². The van der Waals surface area contributed by atoms with Gasteiger partial charge in [-0.1, -0.05) is 91.2 Å². The topological polar surface area (TPSA) is 34.1 Å². The van der Waals surface area contributed by atoms with E-state index in [1.165, 1.54) is 22.7 Å². The fraction of sp³-hybridized carbons (Fsp3) is 0.444. The SMILES string of the molecule is CCCCC(CC)Cc1sc(CC(CC)CCCC)c2c1C(=O)c1c(c(-c3cccs3)c(F)c(F)c1-c1cccs1)C2=O. The largest absolute Gasteiger partial charge is 0.288 e. The van der Waals surface area contributed by atoms with E-state index in [-0.39, 0.29) is 33.8 Å². The van der Waals surface area contributed by atoms with Crippen LogP contribution < -0.4 is 0 Å². The highest BCUT2D eigenvalue weighted by molar-refractivity contribution is 7.14. The van der Waals surface area contributed by atoms with E-state index in [4.69, 9.17) is 0 Å². The van der Waals surface area contributed by atoms with E-state index in [2.05, 4.69) is 27.7 Å². The highest BCUT2D eigenvalue weighted by Crippen LogP contribution is 2.48. The molecule has 0 amide bonds. The lowest BCUT2D eigenvalue weighted by Crippen LogP contribution is -2.25. The van der Waals surface area contributed by atoms with Crippen molar-refractivity contribution < 1.29 is 18.4 Å². The molecule has 2 nitrogen and oxygen atoms in total. The molecular formula is C36H40F2O2S3. The number of benzene rings is 1. The molecule has 0 aliphatic heterocycles. The Kier molecular flexibility index (Phi) is 10.5. The zero-order chi connectivity index (χ0) is 30.7. The number of halogens is 2. The van der Waals surface area contributed by atoms with Gasteiger partial charge in [0, 0.05) is 52.9 Å². The first-order valence-electron chi connectivity index (χ1n) is 15.7. The molecular weight excluding hydrogens is 599 g/mol. The van der Waals surface area contributed by atoms with Crippen molar-refractivity contribution in [1.82, 2.24) is 0 Å². The third kappa shape index (κ3) is 6.10. The van der Waals surface area contributed by atoms with Crippen molar-refractivity contribution in [1.29, 1.82) is 0 Å². The molecule has 1 aliphatic carbocycles. The molecule has 1 aliphatic rings. The number of fused-ring (bicyclic) bond motifs is 2. The molecule has 5 rings (SSSR count). The van der Waals surface area contributed by atoms with E-state index in [1.54, 1.807) is 46.4 Å². The maximum atomic E-state index is 16.1. The summed E-state index contributed by atoms with van der Waals surface area (Å²) in [6.45, 7) is 8.73. The standard InChI is InChI=1S/C36H40F2O2S3/c1-5-9-13-21(7-3)19-25-29-30(26(43-25)20-22(8-4)14-10-6-2)36(40)32-28(24-16-12-18-42-24)34(38)33(37)27(31(32)35(29)39)23-15-11-17-41-23/h11-12,15-18,21-22H,5-10,13-14,19-20H2,1-4H3. The quantitative estimate of drug-likeness (QED) is 0.121. The second-order valence-corrected chi connectivity index (χ2v) is 14.8. The average molecular weight is 639 g/mol. The second-order valence-electron chi connectivity index (χ2n) is 11.7. The predicted molar refractivity (Wildman–Crippen MR) is 178 cm³/mol. The molecule has 3 aromatic heterocycles. The Morgan fingerprint density at radius 3 is 1.37 bits per heavy atom. The van der Waals surface area contributed by atoms with Crippen LogP contribution in [0.25, 0.3) is 20.9 Å². The Morgan fingerprint density at radius 2 is 1.05 bits per heavy atom. The third-order valence-electron chi connectivity index (χ3n) is 8.91. The lowest BCUT2D eigenvalue weighted by molar-refractivity contribution is 0.0978. The Labute approximate surface area is 266 Å². The normalized spacial score (nSPS) is 14.2. The molecule has 0 bridgehead atoms. The molecule has 1 aromatic carbocycles. The number of hydrogen-bond donors (Lipinski definition) is 0. The van der Waals surface area contributed by atoms with Gasteiger partial charge in [-0.3, -0.25) is 9.59 Å². The number of thiophene rings is 3. The summed E-state index contributed by atoms with van der Waals surface area (Å²) in [5.74, 6) is -2.02. The van der Waals surface area contributed by atoms with Crippen LogP contribution in [0.15, 0.2) is 35.0 Å². The summed E-state index contributed by atoms with van der Waals surface area (Å²) >= 11 is 4.09. The van der Waals surface area contributed by atoms with Gasteiger partial charge in [0.1, 0.15) is 0 Å². The number of hydrogen-bond acceptors (Lipinski definition) is 5. The number of rotatable bonds is 14. The van der Waals surface area contributed by atoms with Crippen molar-refractivity contribution in [2.45, 2.75) is 91.9 Å². The van der Waals surface area contributed by atoms with E-state index in [1.807, 2.05) is 0 Å². The summed E-state index contributed by atoms with van der Waals surface area (Å²) in [5, 5.41) is 3.56. The smallest absolute Gasteiger partial charge is 0.196 e. The Morgan fingerprint density at radius 1 is 0.628 bits per heavy atom. The van der Waals surface area contributed by atoms with Crippen molar-refractivity contribution in [3.8, 4) is 20.9 Å². The minimum absolute atomic E-state index is 0.0208. The Bertz CT molecular complexity index is 1470. The van der Waals surface area contributed by atoms with E-state index in [0.717, 1.165) is 74.0 Å². The zero-order valence-corrected chi connectivity index (χ0v) is 27.9. The van der Waals surface area contributed by atoms with Gasteiger partial charge in [-0.2, -0.15) is 0 Å². The summed E-state index contributed by atoms with van der Waals surface area (Å²) in [6.07, 6.45) is 9.96. The highest BCUT2D eigenvalue weighted by atomic mass is 32.1. The fourth-order valence-electron chi connectivity index (χ4n) is 6.41. The summed E-state index contributed by atoms with van der Waals surface area (Å²) in [7, 11) is 0. The summed E-state index contributed by atoms with van der Waals surface area (Å²) < 4.78 is 32.2. The monoisotopic (exact) mass is 638 g/mol.